The molecule has 0 bridgehead atoms. The number of likely N-dealkylation sites (N-methyl/N-ethyl adjacent to an activating group) is 1. The Morgan fingerprint density at radius 3 is 2.03 bits per heavy atom. The molecule has 66 heavy (non-hydrogen) atoms. The molecule has 1 fully saturated rings. The summed E-state index contributed by atoms with van der Waals surface area (Å²) in [7, 11) is 1.97. The summed E-state index contributed by atoms with van der Waals surface area (Å²) < 4.78 is 11.8. The van der Waals surface area contributed by atoms with E-state index in [0.717, 1.165) is 62.1 Å². The van der Waals surface area contributed by atoms with Crippen molar-refractivity contribution >= 4 is 80.7 Å². The minimum Gasteiger partial charge on any atom is -0.491 e. The Labute approximate surface area is 391 Å². The number of allylic oxidation sites excluding steroid dienone is 2. The van der Waals surface area contributed by atoms with E-state index >= 15 is 0 Å². The van der Waals surface area contributed by atoms with Crippen LogP contribution >= 0.6 is 23.1 Å². The van der Waals surface area contributed by atoms with Crippen LogP contribution in [0.15, 0.2) is 47.4 Å². The van der Waals surface area contributed by atoms with Crippen molar-refractivity contribution in [2.24, 2.45) is 11.5 Å². The van der Waals surface area contributed by atoms with Crippen molar-refractivity contribution in [3.8, 4) is 5.75 Å². The maximum atomic E-state index is 13.9. The number of hydrogen-bond donors (Lipinski definition) is 5. The predicted molar refractivity (Wildman–Crippen MR) is 259 cm³/mol. The van der Waals surface area contributed by atoms with E-state index < -0.39 is 17.7 Å². The van der Waals surface area contributed by atoms with Gasteiger partial charge in [-0.25, -0.2) is 15.0 Å². The predicted octanol–water partition coefficient (Wildman–Crippen LogP) is 4.52. The molecule has 19 nitrogen and oxygen atoms in total. The van der Waals surface area contributed by atoms with Crippen LogP contribution in [0.25, 0.3) is 22.1 Å². The Kier molecular flexibility index (Phi) is 15.5. The first-order valence-corrected chi connectivity index (χ1v) is 24.1. The van der Waals surface area contributed by atoms with Gasteiger partial charge in [-0.05, 0) is 77.2 Å². The number of thiazole rings is 1. The molecule has 7 rings (SSSR count). The average molecular weight is 939 g/mol. The van der Waals surface area contributed by atoms with Gasteiger partial charge in [-0.2, -0.15) is 5.10 Å². The van der Waals surface area contributed by atoms with Crippen LogP contribution in [-0.4, -0.2) is 133 Å². The van der Waals surface area contributed by atoms with E-state index in [-0.39, 0.29) is 36.5 Å². The lowest BCUT2D eigenvalue weighted by Crippen LogP contribution is -2.48. The van der Waals surface area contributed by atoms with Crippen molar-refractivity contribution in [1.29, 1.82) is 0 Å². The molecule has 0 aliphatic carbocycles. The van der Waals surface area contributed by atoms with Gasteiger partial charge in [-0.3, -0.25) is 39.4 Å². The second kappa shape index (κ2) is 21.5. The van der Waals surface area contributed by atoms with Crippen molar-refractivity contribution in [3.05, 3.63) is 80.6 Å². The number of fused-ring (bicyclic) bond motifs is 2. The third-order valence-corrected chi connectivity index (χ3v) is 13.2. The monoisotopic (exact) mass is 938 g/mol. The lowest BCUT2D eigenvalue weighted by Gasteiger charge is -2.34. The van der Waals surface area contributed by atoms with E-state index in [4.69, 9.17) is 26.2 Å². The van der Waals surface area contributed by atoms with Gasteiger partial charge in [0.25, 0.3) is 11.8 Å². The molecule has 1 saturated heterocycles. The van der Waals surface area contributed by atoms with Gasteiger partial charge in [0.2, 0.25) is 23.7 Å². The molecule has 1 aliphatic rings. The second-order valence-electron chi connectivity index (χ2n) is 15.9. The largest absolute Gasteiger partial charge is 0.491 e. The number of carbonyl (C=O) groups is 4. The van der Waals surface area contributed by atoms with Crippen molar-refractivity contribution < 1.29 is 23.9 Å². The van der Waals surface area contributed by atoms with Gasteiger partial charge in [0.05, 0.1) is 39.6 Å². The van der Waals surface area contributed by atoms with Crippen LogP contribution in [0, 0.1) is 13.8 Å². The maximum absolute atomic E-state index is 13.9. The molecule has 21 heteroatoms. The number of rotatable bonds is 21. The third kappa shape index (κ3) is 10.8. The second-order valence-corrected chi connectivity index (χ2v) is 18.0. The third-order valence-electron chi connectivity index (χ3n) is 11.4. The van der Waals surface area contributed by atoms with Gasteiger partial charge < -0.3 is 35.6 Å². The van der Waals surface area contributed by atoms with Crippen LogP contribution in [0.2, 0.25) is 0 Å². The van der Waals surface area contributed by atoms with Gasteiger partial charge in [-0.15, -0.1) is 23.1 Å². The fraction of sp³-hybridized carbons (Fsp3) is 0.422. The molecule has 1 aliphatic heterocycles. The SMILES string of the molecule is CCc1nc(C)sc1C(=O)Nc1nc2cc(C(N)=O)cc(OCCCN3CCN(CCNC)CC3)c2n1C/C=C/Cn1c(NC(=O)c2cc(C)nn2CC)nc2cc(C(N)=O)cc(SC)c21. The minimum absolute atomic E-state index is 0.211. The molecule has 7 N–H and O–H groups in total. The van der Waals surface area contributed by atoms with Gasteiger partial charge in [-0.1, -0.05) is 19.1 Å². The van der Waals surface area contributed by atoms with Gasteiger partial charge in [0, 0.05) is 81.5 Å². The summed E-state index contributed by atoms with van der Waals surface area (Å²) in [5.74, 6) is -1.07. The zero-order valence-corrected chi connectivity index (χ0v) is 39.9. The molecule has 4 aromatic heterocycles. The van der Waals surface area contributed by atoms with Gasteiger partial charge in [0.1, 0.15) is 21.8 Å². The maximum Gasteiger partial charge on any atom is 0.276 e. The highest BCUT2D eigenvalue weighted by molar-refractivity contribution is 7.98. The molecule has 350 valence electrons. The van der Waals surface area contributed by atoms with E-state index in [1.165, 1.54) is 23.1 Å². The van der Waals surface area contributed by atoms with E-state index in [1.807, 2.05) is 62.3 Å². The van der Waals surface area contributed by atoms with Crippen LogP contribution in [0.5, 0.6) is 5.75 Å². The van der Waals surface area contributed by atoms with Crippen molar-refractivity contribution in [2.75, 3.05) is 76.4 Å². The summed E-state index contributed by atoms with van der Waals surface area (Å²) >= 11 is 2.73. The molecule has 0 atom stereocenters. The fourth-order valence-electron chi connectivity index (χ4n) is 8.07. The number of piperazine rings is 1. The quantitative estimate of drug-likeness (QED) is 0.0380. The first-order chi connectivity index (χ1) is 31.8. The lowest BCUT2D eigenvalue weighted by atomic mass is 10.1. The van der Waals surface area contributed by atoms with Crippen LogP contribution in [0.4, 0.5) is 11.9 Å². The first kappa shape index (κ1) is 47.8. The highest BCUT2D eigenvalue weighted by atomic mass is 32.2. The highest BCUT2D eigenvalue weighted by Crippen LogP contribution is 2.34. The highest BCUT2D eigenvalue weighted by Gasteiger charge is 2.24. The zero-order valence-electron chi connectivity index (χ0n) is 38.3. The number of nitrogens with zero attached hydrogens (tertiary/aromatic N) is 9. The molecule has 4 amide bonds. The smallest absolute Gasteiger partial charge is 0.276 e. The molecule has 0 saturated carbocycles. The number of anilines is 2. The number of imidazole rings is 2. The summed E-state index contributed by atoms with van der Waals surface area (Å²) in [4.78, 5) is 73.0. The van der Waals surface area contributed by atoms with Crippen molar-refractivity contribution in [1.82, 2.24) is 49.0 Å². The van der Waals surface area contributed by atoms with Gasteiger partial charge in [0.15, 0.2) is 0 Å². The number of thioether (sulfide) groups is 1. The molecule has 0 spiro atoms. The number of amides is 4. The Balaban J connectivity index is 1.21. The number of primary amides is 2. The van der Waals surface area contributed by atoms with Crippen LogP contribution in [0.1, 0.15) is 77.5 Å². The zero-order chi connectivity index (χ0) is 47.1. The number of hydrogen-bond acceptors (Lipinski definition) is 14. The Bertz CT molecular complexity index is 2780. The number of benzene rings is 2. The van der Waals surface area contributed by atoms with E-state index in [9.17, 15) is 19.2 Å². The molecular weight excluding hydrogens is 881 g/mol. The molecule has 0 unspecified atom stereocenters. The minimum atomic E-state index is -0.636. The molecule has 5 heterocycles. The number of nitrogens with two attached hydrogens (primary N) is 2. The summed E-state index contributed by atoms with van der Waals surface area (Å²) in [6, 6.07) is 8.28. The molecule has 0 radical (unpaired) electrons. The topological polar surface area (TPSA) is 238 Å². The van der Waals surface area contributed by atoms with Crippen LogP contribution < -0.4 is 32.2 Å². The van der Waals surface area contributed by atoms with E-state index in [1.54, 1.807) is 35.0 Å². The number of carbonyl (C=O) groups excluding carboxylic acids is 4. The van der Waals surface area contributed by atoms with Gasteiger partial charge >= 0.3 is 0 Å². The van der Waals surface area contributed by atoms with E-state index in [2.05, 4.69) is 35.8 Å². The fourth-order valence-corrected chi connectivity index (χ4v) is 9.63. The Morgan fingerprint density at radius 2 is 1.42 bits per heavy atom. The number of aromatic nitrogens is 7. The van der Waals surface area contributed by atoms with Crippen molar-refractivity contribution in [2.45, 2.75) is 65.1 Å². The summed E-state index contributed by atoms with van der Waals surface area (Å²) in [6.45, 7) is 15.7. The number of nitrogens with one attached hydrogen (secondary N) is 3. The number of aryl methyl sites for hydroxylation is 4. The Morgan fingerprint density at radius 1 is 0.818 bits per heavy atom. The van der Waals surface area contributed by atoms with E-state index in [0.29, 0.717) is 74.9 Å². The Hall–Kier alpha value is -6.13. The summed E-state index contributed by atoms with van der Waals surface area (Å²) in [6.07, 6.45) is 7.04. The molecular formula is C45H58N14O5S2. The standard InChI is InChI=1S/C45H58N14O5S2/c1-7-31-39(66-28(4)49-31)43(63)53-45-50-32-23-29(40(46)60)25-35(64-21-11-13-55-17-19-56(20-18-55)16-12-48-5)37(32)57(45)14-9-10-15-58-38-33(24-30(41(47)61)26-36(38)65-6)51-44(58)52-42(62)34-22-27(3)54-59(34)8-2/h9-10,22-26,48H,7-8,11-21H2,1-6H3,(H2,46,60)(H2,47,61)(H,50,53,63)(H,51,52,62)/b10-9+. The molecule has 2 aromatic carbocycles. The normalized spacial score (nSPS) is 13.6. The summed E-state index contributed by atoms with van der Waals surface area (Å²) in [5.41, 5.74) is 16.0. The number of ether oxygens (including phenoxy) is 1. The summed E-state index contributed by atoms with van der Waals surface area (Å²) in [5, 5.41) is 14.4. The van der Waals surface area contributed by atoms with Crippen LogP contribution in [-0.2, 0) is 26.1 Å². The van der Waals surface area contributed by atoms with Crippen LogP contribution in [0.3, 0.4) is 0 Å². The van der Waals surface area contributed by atoms with Crippen molar-refractivity contribution in [3.63, 3.8) is 0 Å². The lowest BCUT2D eigenvalue weighted by molar-refractivity contribution is 0.0991. The average Bonchev–Trinajstić information content (AvgIpc) is 4.07. The molecule has 6 aromatic rings. The first-order valence-electron chi connectivity index (χ1n) is 22.0.